The molecule has 1 atom stereocenters. The van der Waals surface area contributed by atoms with Gasteiger partial charge in [-0.2, -0.15) is 0 Å². The Hall–Kier alpha value is -0.830. The molecule has 0 radical (unpaired) electrons. The van der Waals surface area contributed by atoms with E-state index >= 15 is 0 Å². The molecule has 0 saturated carbocycles. The molecule has 1 saturated heterocycles. The highest BCUT2D eigenvalue weighted by Gasteiger charge is 2.21. The Bertz CT molecular complexity index is 354. The van der Waals surface area contributed by atoms with Crippen LogP contribution < -0.4 is 4.90 Å². The summed E-state index contributed by atoms with van der Waals surface area (Å²) in [5.74, 6) is 1.00. The highest BCUT2D eigenvalue weighted by atomic mass is 35.5. The van der Waals surface area contributed by atoms with Crippen molar-refractivity contribution in [3.05, 3.63) is 17.0 Å². The first-order valence-corrected chi connectivity index (χ1v) is 5.82. The normalized spacial score (nSPS) is 21.8. The third-order valence-electron chi connectivity index (χ3n) is 2.99. The standard InChI is InChI=1S/C11H16ClN3/c1-8-7-13-11(12)14-10(8)15-6-4-3-5-9(15)2/h7,9H,3-6H2,1-2H3. The molecule has 1 unspecified atom stereocenters. The molecule has 2 heterocycles. The predicted octanol–water partition coefficient (Wildman–Crippen LogP) is 2.82. The molecular formula is C11H16ClN3. The average Bonchev–Trinajstić information content (AvgIpc) is 2.23. The van der Waals surface area contributed by atoms with Crippen molar-refractivity contribution in [3.63, 3.8) is 0 Å². The zero-order valence-electron chi connectivity index (χ0n) is 9.20. The predicted molar refractivity (Wildman–Crippen MR) is 62.4 cm³/mol. The summed E-state index contributed by atoms with van der Waals surface area (Å²) >= 11 is 5.83. The number of hydrogen-bond donors (Lipinski definition) is 0. The zero-order valence-corrected chi connectivity index (χ0v) is 9.96. The number of nitrogens with zero attached hydrogens (tertiary/aromatic N) is 3. The van der Waals surface area contributed by atoms with E-state index in [0.29, 0.717) is 11.3 Å². The van der Waals surface area contributed by atoms with Crippen LogP contribution in [0, 0.1) is 6.92 Å². The first kappa shape index (κ1) is 10.7. The molecule has 1 fully saturated rings. The van der Waals surface area contributed by atoms with Crippen molar-refractivity contribution in [1.82, 2.24) is 9.97 Å². The number of hydrogen-bond acceptors (Lipinski definition) is 3. The van der Waals surface area contributed by atoms with Crippen LogP contribution in [0.3, 0.4) is 0 Å². The Labute approximate surface area is 95.5 Å². The van der Waals surface area contributed by atoms with E-state index in [1.54, 1.807) is 6.20 Å². The minimum Gasteiger partial charge on any atom is -0.354 e. The van der Waals surface area contributed by atoms with Crippen molar-refractivity contribution in [2.24, 2.45) is 0 Å². The fourth-order valence-corrected chi connectivity index (χ4v) is 2.24. The lowest BCUT2D eigenvalue weighted by Crippen LogP contribution is -2.38. The summed E-state index contributed by atoms with van der Waals surface area (Å²) in [6.07, 6.45) is 5.59. The van der Waals surface area contributed by atoms with E-state index in [4.69, 9.17) is 11.6 Å². The third-order valence-corrected chi connectivity index (χ3v) is 3.17. The van der Waals surface area contributed by atoms with Crippen molar-refractivity contribution in [3.8, 4) is 0 Å². The number of aryl methyl sites for hydroxylation is 1. The second-order valence-corrected chi connectivity index (χ2v) is 4.52. The molecule has 3 nitrogen and oxygen atoms in total. The Morgan fingerprint density at radius 1 is 1.47 bits per heavy atom. The third kappa shape index (κ3) is 2.23. The number of anilines is 1. The van der Waals surface area contributed by atoms with Crippen LogP contribution in [0.15, 0.2) is 6.20 Å². The van der Waals surface area contributed by atoms with Gasteiger partial charge < -0.3 is 4.90 Å². The molecule has 0 aromatic carbocycles. The van der Waals surface area contributed by atoms with E-state index < -0.39 is 0 Å². The topological polar surface area (TPSA) is 29.0 Å². The number of piperidine rings is 1. The van der Waals surface area contributed by atoms with Crippen LogP contribution in [0.25, 0.3) is 0 Å². The average molecular weight is 226 g/mol. The van der Waals surface area contributed by atoms with E-state index in [1.807, 2.05) is 6.92 Å². The van der Waals surface area contributed by atoms with Gasteiger partial charge in [0.25, 0.3) is 0 Å². The molecule has 1 aliphatic rings. The number of aromatic nitrogens is 2. The summed E-state index contributed by atoms with van der Waals surface area (Å²) in [7, 11) is 0. The van der Waals surface area contributed by atoms with Crippen molar-refractivity contribution < 1.29 is 0 Å². The van der Waals surface area contributed by atoms with E-state index in [0.717, 1.165) is 17.9 Å². The summed E-state index contributed by atoms with van der Waals surface area (Å²) in [6.45, 7) is 5.36. The minimum atomic E-state index is 0.341. The monoisotopic (exact) mass is 225 g/mol. The molecule has 0 N–H and O–H groups in total. The van der Waals surface area contributed by atoms with E-state index in [9.17, 15) is 0 Å². The van der Waals surface area contributed by atoms with Crippen LogP contribution in [0.2, 0.25) is 5.28 Å². The van der Waals surface area contributed by atoms with Gasteiger partial charge in [0, 0.05) is 24.3 Å². The Kier molecular flexibility index (Phi) is 3.10. The summed E-state index contributed by atoms with van der Waals surface area (Å²) in [4.78, 5) is 10.7. The molecule has 1 aromatic rings. The maximum atomic E-state index is 5.83. The molecule has 2 rings (SSSR count). The number of halogens is 1. The van der Waals surface area contributed by atoms with Crippen molar-refractivity contribution in [2.75, 3.05) is 11.4 Å². The second-order valence-electron chi connectivity index (χ2n) is 4.18. The highest BCUT2D eigenvalue weighted by Crippen LogP contribution is 2.25. The second kappa shape index (κ2) is 4.35. The molecule has 0 aliphatic carbocycles. The molecular weight excluding hydrogens is 210 g/mol. The molecule has 4 heteroatoms. The van der Waals surface area contributed by atoms with Crippen LogP contribution in [-0.2, 0) is 0 Å². The highest BCUT2D eigenvalue weighted by molar-refractivity contribution is 6.28. The van der Waals surface area contributed by atoms with Gasteiger partial charge in [-0.1, -0.05) is 0 Å². The fourth-order valence-electron chi connectivity index (χ4n) is 2.12. The van der Waals surface area contributed by atoms with Gasteiger partial charge in [0.2, 0.25) is 5.28 Å². The lowest BCUT2D eigenvalue weighted by molar-refractivity contribution is 0.480. The Morgan fingerprint density at radius 2 is 2.27 bits per heavy atom. The van der Waals surface area contributed by atoms with Gasteiger partial charge in [0.1, 0.15) is 5.82 Å². The fraction of sp³-hybridized carbons (Fsp3) is 0.636. The number of rotatable bonds is 1. The molecule has 0 amide bonds. The van der Waals surface area contributed by atoms with Gasteiger partial charge in [-0.05, 0) is 44.7 Å². The van der Waals surface area contributed by atoms with Gasteiger partial charge >= 0.3 is 0 Å². The van der Waals surface area contributed by atoms with Crippen molar-refractivity contribution >= 4 is 17.4 Å². The largest absolute Gasteiger partial charge is 0.354 e. The lowest BCUT2D eigenvalue weighted by Gasteiger charge is -2.35. The van der Waals surface area contributed by atoms with Crippen molar-refractivity contribution in [1.29, 1.82) is 0 Å². The summed E-state index contributed by atoms with van der Waals surface area (Å²) < 4.78 is 0. The smallest absolute Gasteiger partial charge is 0.224 e. The van der Waals surface area contributed by atoms with Crippen LogP contribution in [-0.4, -0.2) is 22.6 Å². The lowest BCUT2D eigenvalue weighted by atomic mass is 10.0. The summed E-state index contributed by atoms with van der Waals surface area (Å²) in [5.41, 5.74) is 1.10. The SMILES string of the molecule is Cc1cnc(Cl)nc1N1CCCCC1C. The zero-order chi connectivity index (χ0) is 10.8. The molecule has 0 bridgehead atoms. The summed E-state index contributed by atoms with van der Waals surface area (Å²) in [6, 6.07) is 0.559. The molecule has 0 spiro atoms. The van der Waals surface area contributed by atoms with Crippen LogP contribution in [0.5, 0.6) is 0 Å². The van der Waals surface area contributed by atoms with E-state index in [1.165, 1.54) is 19.3 Å². The van der Waals surface area contributed by atoms with Gasteiger partial charge in [-0.15, -0.1) is 0 Å². The first-order chi connectivity index (χ1) is 7.18. The van der Waals surface area contributed by atoms with E-state index in [2.05, 4.69) is 21.8 Å². The van der Waals surface area contributed by atoms with Gasteiger partial charge in [0.15, 0.2) is 0 Å². The first-order valence-electron chi connectivity index (χ1n) is 5.44. The molecule has 82 valence electrons. The van der Waals surface area contributed by atoms with Crippen LogP contribution >= 0.6 is 11.6 Å². The van der Waals surface area contributed by atoms with Crippen molar-refractivity contribution in [2.45, 2.75) is 39.2 Å². The van der Waals surface area contributed by atoms with Gasteiger partial charge in [-0.3, -0.25) is 0 Å². The van der Waals surface area contributed by atoms with Gasteiger partial charge in [-0.25, -0.2) is 9.97 Å². The maximum absolute atomic E-state index is 5.83. The molecule has 1 aromatic heterocycles. The molecule has 1 aliphatic heterocycles. The Morgan fingerprint density at radius 3 is 3.00 bits per heavy atom. The van der Waals surface area contributed by atoms with Gasteiger partial charge in [0.05, 0.1) is 0 Å². The maximum Gasteiger partial charge on any atom is 0.224 e. The van der Waals surface area contributed by atoms with Crippen LogP contribution in [0.1, 0.15) is 31.7 Å². The quantitative estimate of drug-likeness (QED) is 0.689. The van der Waals surface area contributed by atoms with E-state index in [-0.39, 0.29) is 0 Å². The van der Waals surface area contributed by atoms with Crippen LogP contribution in [0.4, 0.5) is 5.82 Å². The minimum absolute atomic E-state index is 0.341. The molecule has 15 heavy (non-hydrogen) atoms. The Balaban J connectivity index is 2.30. The summed E-state index contributed by atoms with van der Waals surface area (Å²) in [5, 5.41) is 0.341.